The summed E-state index contributed by atoms with van der Waals surface area (Å²) >= 11 is 11.2. The second-order valence-electron chi connectivity index (χ2n) is 5.18. The van der Waals surface area contributed by atoms with Crippen molar-refractivity contribution in [1.82, 2.24) is 5.32 Å². The molecule has 6 heteroatoms. The molecular weight excluding hydrogens is 398 g/mol. The van der Waals surface area contributed by atoms with Crippen LogP contribution >= 0.6 is 39.3 Å². The van der Waals surface area contributed by atoms with Crippen molar-refractivity contribution in [3.8, 4) is 5.75 Å². The van der Waals surface area contributed by atoms with Crippen LogP contribution in [0.25, 0.3) is 0 Å². The fourth-order valence-corrected chi connectivity index (χ4v) is 3.98. The van der Waals surface area contributed by atoms with Crippen LogP contribution < -0.4 is 10.1 Å². The number of amides is 1. The number of fused-ring (bicyclic) bond motifs is 1. The van der Waals surface area contributed by atoms with Gasteiger partial charge in [-0.15, -0.1) is 11.8 Å². The third kappa shape index (κ3) is 4.43. The van der Waals surface area contributed by atoms with E-state index in [2.05, 4.69) is 21.2 Å². The van der Waals surface area contributed by atoms with Crippen LogP contribution in [0.1, 0.15) is 18.0 Å². The summed E-state index contributed by atoms with van der Waals surface area (Å²) in [5, 5.41) is 3.73. The zero-order valence-corrected chi connectivity index (χ0v) is 15.4. The Morgan fingerprint density at radius 1 is 1.30 bits per heavy atom. The zero-order valence-electron chi connectivity index (χ0n) is 12.2. The van der Waals surface area contributed by atoms with Gasteiger partial charge >= 0.3 is 0 Å². The molecule has 1 unspecified atom stereocenters. The normalized spacial score (nSPS) is 16.5. The molecule has 3 rings (SSSR count). The lowest BCUT2D eigenvalue weighted by Crippen LogP contribution is -2.34. The molecule has 1 atom stereocenters. The Hall–Kier alpha value is -1.17. The number of benzene rings is 2. The monoisotopic (exact) mass is 411 g/mol. The van der Waals surface area contributed by atoms with Crippen molar-refractivity contribution in [1.29, 1.82) is 0 Å². The molecule has 120 valence electrons. The highest BCUT2D eigenvalue weighted by molar-refractivity contribution is 9.10. The largest absolute Gasteiger partial charge is 0.484 e. The summed E-state index contributed by atoms with van der Waals surface area (Å²) in [7, 11) is 0. The number of nitrogens with one attached hydrogen (secondary N) is 1. The van der Waals surface area contributed by atoms with E-state index in [0.29, 0.717) is 10.8 Å². The summed E-state index contributed by atoms with van der Waals surface area (Å²) in [5.41, 5.74) is 1.09. The average molecular weight is 413 g/mol. The molecule has 0 aromatic heterocycles. The lowest BCUT2D eigenvalue weighted by Gasteiger charge is -2.26. The Labute approximate surface area is 152 Å². The molecule has 0 radical (unpaired) electrons. The summed E-state index contributed by atoms with van der Waals surface area (Å²) in [6.45, 7) is 0.00116. The highest BCUT2D eigenvalue weighted by Gasteiger charge is 2.22. The first-order valence-electron chi connectivity index (χ1n) is 7.22. The van der Waals surface area contributed by atoms with E-state index in [9.17, 15) is 4.79 Å². The Bertz CT molecular complexity index is 708. The second kappa shape index (κ2) is 7.60. The Morgan fingerprint density at radius 2 is 2.09 bits per heavy atom. The van der Waals surface area contributed by atoms with Crippen LogP contribution in [0.3, 0.4) is 0 Å². The smallest absolute Gasteiger partial charge is 0.258 e. The van der Waals surface area contributed by atoms with E-state index < -0.39 is 0 Å². The molecule has 0 spiro atoms. The first-order chi connectivity index (χ1) is 11.1. The number of rotatable bonds is 4. The Morgan fingerprint density at radius 3 is 2.87 bits per heavy atom. The summed E-state index contributed by atoms with van der Waals surface area (Å²) in [5.74, 6) is 1.52. The van der Waals surface area contributed by atoms with E-state index in [-0.39, 0.29) is 18.6 Å². The lowest BCUT2D eigenvalue weighted by molar-refractivity contribution is -0.123. The van der Waals surface area contributed by atoms with Gasteiger partial charge in [-0.2, -0.15) is 0 Å². The lowest BCUT2D eigenvalue weighted by atomic mass is 10.0. The molecular formula is C17H15BrClNO2S. The van der Waals surface area contributed by atoms with Gasteiger partial charge in [0.25, 0.3) is 5.91 Å². The van der Waals surface area contributed by atoms with Gasteiger partial charge in [0.15, 0.2) is 6.61 Å². The number of carbonyl (C=O) groups excluding carboxylic acids is 1. The third-order valence-corrected chi connectivity index (χ3v) is 5.42. The number of thioether (sulfide) groups is 1. The van der Waals surface area contributed by atoms with E-state index in [1.165, 1.54) is 4.90 Å². The summed E-state index contributed by atoms with van der Waals surface area (Å²) < 4.78 is 6.49. The first kappa shape index (κ1) is 16.7. The average Bonchev–Trinajstić information content (AvgIpc) is 2.55. The maximum absolute atomic E-state index is 12.2. The predicted molar refractivity (Wildman–Crippen MR) is 97.3 cm³/mol. The summed E-state index contributed by atoms with van der Waals surface area (Å²) in [4.78, 5) is 13.3. The quantitative estimate of drug-likeness (QED) is 0.781. The number of ether oxygens (including phenoxy) is 1. The molecule has 0 saturated heterocycles. The number of carbonyl (C=O) groups is 1. The zero-order chi connectivity index (χ0) is 16.2. The van der Waals surface area contributed by atoms with Crippen molar-refractivity contribution in [2.24, 2.45) is 0 Å². The molecule has 1 aliphatic rings. The molecule has 1 amide bonds. The van der Waals surface area contributed by atoms with Gasteiger partial charge in [0.2, 0.25) is 0 Å². The van der Waals surface area contributed by atoms with Crippen LogP contribution in [0.2, 0.25) is 5.02 Å². The molecule has 2 aromatic rings. The van der Waals surface area contributed by atoms with Crippen molar-refractivity contribution in [2.45, 2.75) is 17.4 Å². The topological polar surface area (TPSA) is 38.3 Å². The fraction of sp³-hybridized carbons (Fsp3) is 0.235. The van der Waals surface area contributed by atoms with Crippen molar-refractivity contribution < 1.29 is 9.53 Å². The second-order valence-corrected chi connectivity index (χ2v) is 7.67. The van der Waals surface area contributed by atoms with Crippen LogP contribution in [0, 0.1) is 0 Å². The predicted octanol–water partition coefficient (Wildman–Crippen LogP) is 4.83. The summed E-state index contributed by atoms with van der Waals surface area (Å²) in [6.07, 6.45) is 0.891. The van der Waals surface area contributed by atoms with Gasteiger partial charge in [0.1, 0.15) is 5.75 Å². The summed E-state index contributed by atoms with van der Waals surface area (Å²) in [6, 6.07) is 13.2. The maximum Gasteiger partial charge on any atom is 0.258 e. The third-order valence-electron chi connectivity index (χ3n) is 3.53. The van der Waals surface area contributed by atoms with Gasteiger partial charge in [-0.25, -0.2) is 0 Å². The Kier molecular flexibility index (Phi) is 5.51. The minimum Gasteiger partial charge on any atom is -0.484 e. The molecule has 0 aliphatic carbocycles. The van der Waals surface area contributed by atoms with E-state index >= 15 is 0 Å². The van der Waals surface area contributed by atoms with Crippen LogP contribution in [-0.4, -0.2) is 18.3 Å². The molecule has 2 aromatic carbocycles. The maximum atomic E-state index is 12.2. The van der Waals surface area contributed by atoms with Crippen molar-refractivity contribution >= 4 is 45.2 Å². The first-order valence-corrected chi connectivity index (χ1v) is 9.37. The number of hydrogen-bond acceptors (Lipinski definition) is 3. The van der Waals surface area contributed by atoms with Crippen LogP contribution in [0.4, 0.5) is 0 Å². The van der Waals surface area contributed by atoms with Crippen LogP contribution in [0.15, 0.2) is 51.8 Å². The minimum absolute atomic E-state index is 0.00116. The molecule has 1 heterocycles. The van der Waals surface area contributed by atoms with E-state index in [0.717, 1.165) is 22.2 Å². The minimum atomic E-state index is -0.129. The van der Waals surface area contributed by atoms with Crippen LogP contribution in [-0.2, 0) is 4.79 Å². The molecule has 1 N–H and O–H groups in total. The van der Waals surface area contributed by atoms with Gasteiger partial charge in [-0.3, -0.25) is 4.79 Å². The fourth-order valence-electron chi connectivity index (χ4n) is 2.43. The van der Waals surface area contributed by atoms with Gasteiger partial charge in [-0.05, 0) is 54.4 Å². The van der Waals surface area contributed by atoms with Crippen molar-refractivity contribution in [3.05, 3.63) is 57.5 Å². The van der Waals surface area contributed by atoms with Crippen molar-refractivity contribution in [2.75, 3.05) is 12.4 Å². The Balaban J connectivity index is 1.60. The highest BCUT2D eigenvalue weighted by atomic mass is 79.9. The standard InChI is InChI=1S/C17H15BrClNO2S/c18-11-1-4-13(5-2-11)22-10-17(21)20-15-7-8-23-16-6-3-12(19)9-14(15)16/h1-6,9,15H,7-8,10H2,(H,20,21). The SMILES string of the molecule is O=C(COc1ccc(Br)cc1)NC1CCSc2ccc(Cl)cc21. The van der Waals surface area contributed by atoms with Gasteiger partial charge in [-0.1, -0.05) is 27.5 Å². The molecule has 23 heavy (non-hydrogen) atoms. The van der Waals surface area contributed by atoms with Crippen LogP contribution in [0.5, 0.6) is 5.75 Å². The van der Waals surface area contributed by atoms with E-state index in [1.807, 2.05) is 42.5 Å². The molecule has 3 nitrogen and oxygen atoms in total. The van der Waals surface area contributed by atoms with Gasteiger partial charge < -0.3 is 10.1 Å². The van der Waals surface area contributed by atoms with Crippen molar-refractivity contribution in [3.63, 3.8) is 0 Å². The van der Waals surface area contributed by atoms with Gasteiger partial charge in [0, 0.05) is 20.1 Å². The van der Waals surface area contributed by atoms with Gasteiger partial charge in [0.05, 0.1) is 6.04 Å². The highest BCUT2D eigenvalue weighted by Crippen LogP contribution is 2.37. The molecule has 0 bridgehead atoms. The van der Waals surface area contributed by atoms with E-state index in [4.69, 9.17) is 16.3 Å². The molecule has 1 aliphatic heterocycles. The van der Waals surface area contributed by atoms with E-state index in [1.54, 1.807) is 11.8 Å². The number of halogens is 2. The number of hydrogen-bond donors (Lipinski definition) is 1. The molecule has 0 fully saturated rings. The molecule has 0 saturated carbocycles.